The van der Waals surface area contributed by atoms with Gasteiger partial charge in [-0.05, 0) is 30.2 Å². The molecule has 1 atom stereocenters. The number of nitrogens with zero attached hydrogens (tertiary/aromatic N) is 2. The lowest BCUT2D eigenvalue weighted by atomic mass is 10.2. The highest BCUT2D eigenvalue weighted by molar-refractivity contribution is 6.06. The molecule has 2 amide bonds. The van der Waals surface area contributed by atoms with E-state index < -0.39 is 6.04 Å². The third kappa shape index (κ3) is 3.54. The Morgan fingerprint density at radius 3 is 2.38 bits per heavy atom. The van der Waals surface area contributed by atoms with Gasteiger partial charge in [-0.2, -0.15) is 0 Å². The molecule has 0 aromatic heterocycles. The number of nitrogens with one attached hydrogen (secondary N) is 1. The van der Waals surface area contributed by atoms with Gasteiger partial charge in [-0.1, -0.05) is 13.8 Å². The lowest BCUT2D eigenvalue weighted by Gasteiger charge is -2.18. The van der Waals surface area contributed by atoms with Crippen LogP contribution in [0.5, 0.6) is 0 Å². The van der Waals surface area contributed by atoms with Crippen LogP contribution in [0.3, 0.4) is 0 Å². The van der Waals surface area contributed by atoms with Gasteiger partial charge in [-0.25, -0.2) is 0 Å². The number of carbonyl (C=O) groups is 2. The van der Waals surface area contributed by atoms with E-state index in [2.05, 4.69) is 5.32 Å². The number of hydrogen-bond donors (Lipinski definition) is 1. The molecular weight excluding hydrogens is 266 g/mol. The highest BCUT2D eigenvalue weighted by Crippen LogP contribution is 2.21. The molecule has 1 aromatic rings. The lowest BCUT2D eigenvalue weighted by molar-refractivity contribution is -0.139. The second kappa shape index (κ2) is 6.16. The van der Waals surface area contributed by atoms with Crippen LogP contribution in [0.1, 0.15) is 20.3 Å². The summed E-state index contributed by atoms with van der Waals surface area (Å²) in [7, 11) is 3.96. The fraction of sp³-hybridized carbons (Fsp3) is 0.500. The first-order valence-corrected chi connectivity index (χ1v) is 7.26. The first-order valence-electron chi connectivity index (χ1n) is 7.26. The van der Waals surface area contributed by atoms with Gasteiger partial charge >= 0.3 is 0 Å². The Kier molecular flexibility index (Phi) is 4.50. The number of hydrogen-bond acceptors (Lipinski definition) is 4. The quantitative estimate of drug-likeness (QED) is 0.842. The van der Waals surface area contributed by atoms with Gasteiger partial charge in [0.15, 0.2) is 0 Å². The number of benzene rings is 1. The topological polar surface area (TPSA) is 52.7 Å². The zero-order chi connectivity index (χ0) is 15.6. The van der Waals surface area contributed by atoms with Gasteiger partial charge in [0.05, 0.1) is 6.42 Å². The summed E-state index contributed by atoms with van der Waals surface area (Å²) in [6, 6.07) is 7.38. The predicted molar refractivity (Wildman–Crippen MR) is 84.4 cm³/mol. The van der Waals surface area contributed by atoms with Crippen molar-refractivity contribution in [2.45, 2.75) is 26.3 Å². The van der Waals surface area contributed by atoms with Crippen molar-refractivity contribution in [3.8, 4) is 0 Å². The molecule has 5 nitrogen and oxygen atoms in total. The van der Waals surface area contributed by atoms with Gasteiger partial charge in [0.1, 0.15) is 6.04 Å². The molecule has 1 N–H and O–H groups in total. The highest BCUT2D eigenvalue weighted by Gasteiger charge is 2.38. The zero-order valence-electron chi connectivity index (χ0n) is 13.1. The molecule has 1 aromatic carbocycles. The van der Waals surface area contributed by atoms with E-state index in [1.807, 2.05) is 57.1 Å². The Balaban J connectivity index is 2.03. The third-order valence-electron chi connectivity index (χ3n) is 3.52. The monoisotopic (exact) mass is 289 g/mol. The fourth-order valence-electron chi connectivity index (χ4n) is 2.41. The lowest BCUT2D eigenvalue weighted by Crippen LogP contribution is -2.37. The van der Waals surface area contributed by atoms with E-state index in [9.17, 15) is 9.59 Å². The molecule has 0 aliphatic carbocycles. The van der Waals surface area contributed by atoms with Crippen molar-refractivity contribution in [1.29, 1.82) is 0 Å². The molecule has 114 valence electrons. The van der Waals surface area contributed by atoms with Crippen molar-refractivity contribution in [2.24, 2.45) is 5.92 Å². The second-order valence-corrected chi connectivity index (χ2v) is 6.08. The van der Waals surface area contributed by atoms with E-state index in [0.29, 0.717) is 6.54 Å². The molecule has 1 saturated heterocycles. The van der Waals surface area contributed by atoms with E-state index in [-0.39, 0.29) is 24.2 Å². The SMILES string of the molecule is CC(C)CN1C(=O)C[C@@H](Nc2ccc(N(C)C)cc2)C1=O. The van der Waals surface area contributed by atoms with Crippen LogP contribution in [-0.4, -0.2) is 43.4 Å². The van der Waals surface area contributed by atoms with Crippen LogP contribution < -0.4 is 10.2 Å². The van der Waals surface area contributed by atoms with Gasteiger partial charge in [-0.3, -0.25) is 14.5 Å². The number of rotatable bonds is 5. The molecule has 1 aliphatic heterocycles. The zero-order valence-corrected chi connectivity index (χ0v) is 13.1. The van der Waals surface area contributed by atoms with Gasteiger partial charge in [0.25, 0.3) is 5.91 Å². The van der Waals surface area contributed by atoms with Crippen LogP contribution in [0.2, 0.25) is 0 Å². The molecule has 1 heterocycles. The van der Waals surface area contributed by atoms with Gasteiger partial charge in [0.2, 0.25) is 5.91 Å². The van der Waals surface area contributed by atoms with Crippen LogP contribution in [-0.2, 0) is 9.59 Å². The van der Waals surface area contributed by atoms with Gasteiger partial charge in [0, 0.05) is 32.0 Å². The first-order chi connectivity index (χ1) is 9.88. The van der Waals surface area contributed by atoms with Crippen molar-refractivity contribution in [3.05, 3.63) is 24.3 Å². The van der Waals surface area contributed by atoms with Crippen LogP contribution in [0.4, 0.5) is 11.4 Å². The minimum Gasteiger partial charge on any atom is -0.378 e. The molecule has 0 radical (unpaired) electrons. The molecule has 5 heteroatoms. The third-order valence-corrected chi connectivity index (χ3v) is 3.52. The average molecular weight is 289 g/mol. The number of amides is 2. The standard InChI is InChI=1S/C16H23N3O2/c1-11(2)10-19-15(20)9-14(16(19)21)17-12-5-7-13(8-6-12)18(3)4/h5-8,11,14,17H,9-10H2,1-4H3/t14-/m1/s1. The molecule has 0 saturated carbocycles. The summed E-state index contributed by atoms with van der Waals surface area (Å²) >= 11 is 0. The fourth-order valence-corrected chi connectivity index (χ4v) is 2.41. The maximum absolute atomic E-state index is 12.3. The van der Waals surface area contributed by atoms with E-state index in [1.54, 1.807) is 0 Å². The van der Waals surface area contributed by atoms with Crippen molar-refractivity contribution in [2.75, 3.05) is 30.9 Å². The summed E-state index contributed by atoms with van der Waals surface area (Å²) in [4.78, 5) is 27.6. The van der Waals surface area contributed by atoms with Crippen molar-refractivity contribution in [1.82, 2.24) is 4.90 Å². The smallest absolute Gasteiger partial charge is 0.252 e. The molecular formula is C16H23N3O2. The second-order valence-electron chi connectivity index (χ2n) is 6.08. The Labute approximate surface area is 125 Å². The molecule has 1 aliphatic rings. The van der Waals surface area contributed by atoms with Crippen LogP contribution >= 0.6 is 0 Å². The van der Waals surface area contributed by atoms with E-state index in [0.717, 1.165) is 11.4 Å². The Morgan fingerprint density at radius 2 is 1.86 bits per heavy atom. The summed E-state index contributed by atoms with van der Waals surface area (Å²) in [5, 5.41) is 3.16. The summed E-state index contributed by atoms with van der Waals surface area (Å²) in [6.07, 6.45) is 0.237. The van der Waals surface area contributed by atoms with E-state index in [4.69, 9.17) is 0 Å². The maximum atomic E-state index is 12.3. The van der Waals surface area contributed by atoms with Crippen LogP contribution in [0.15, 0.2) is 24.3 Å². The summed E-state index contributed by atoms with van der Waals surface area (Å²) < 4.78 is 0. The van der Waals surface area contributed by atoms with Crippen molar-refractivity contribution in [3.63, 3.8) is 0 Å². The average Bonchev–Trinajstić information content (AvgIpc) is 2.67. The Morgan fingerprint density at radius 1 is 1.24 bits per heavy atom. The van der Waals surface area contributed by atoms with E-state index in [1.165, 1.54) is 4.90 Å². The molecule has 2 rings (SSSR count). The molecule has 21 heavy (non-hydrogen) atoms. The molecule has 0 unspecified atom stereocenters. The highest BCUT2D eigenvalue weighted by atomic mass is 16.2. The summed E-state index contributed by atoms with van der Waals surface area (Å²) in [5.41, 5.74) is 1.95. The largest absolute Gasteiger partial charge is 0.378 e. The molecule has 0 spiro atoms. The predicted octanol–water partition coefficient (Wildman–Crippen LogP) is 1.95. The van der Waals surface area contributed by atoms with Crippen molar-refractivity contribution >= 4 is 23.2 Å². The first kappa shape index (κ1) is 15.4. The molecule has 0 bridgehead atoms. The minimum atomic E-state index is -0.443. The number of carbonyl (C=O) groups excluding carboxylic acids is 2. The Hall–Kier alpha value is -2.04. The maximum Gasteiger partial charge on any atom is 0.252 e. The normalized spacial score (nSPS) is 18.5. The van der Waals surface area contributed by atoms with Gasteiger partial charge in [-0.15, -0.1) is 0 Å². The Bertz CT molecular complexity index is 523. The van der Waals surface area contributed by atoms with Gasteiger partial charge < -0.3 is 10.2 Å². The number of anilines is 2. The van der Waals surface area contributed by atoms with Crippen molar-refractivity contribution < 1.29 is 9.59 Å². The number of likely N-dealkylation sites (tertiary alicyclic amines) is 1. The van der Waals surface area contributed by atoms with E-state index >= 15 is 0 Å². The summed E-state index contributed by atoms with van der Waals surface area (Å²) in [5.74, 6) is 0.0810. The van der Waals surface area contributed by atoms with Crippen LogP contribution in [0, 0.1) is 5.92 Å². The van der Waals surface area contributed by atoms with Crippen LogP contribution in [0.25, 0.3) is 0 Å². The summed E-state index contributed by atoms with van der Waals surface area (Å²) in [6.45, 7) is 4.50. The molecule has 1 fully saturated rings. The number of imide groups is 1. The minimum absolute atomic E-state index is 0.0869.